The molecule has 0 aliphatic carbocycles. The molecule has 158 valence electrons. The Balaban J connectivity index is 1.59. The van der Waals surface area contributed by atoms with Gasteiger partial charge in [-0.1, -0.05) is 12.1 Å². The first-order valence-electron chi connectivity index (χ1n) is 9.00. The monoisotopic (exact) mass is 429 g/mol. The number of pyridine rings is 1. The summed E-state index contributed by atoms with van der Waals surface area (Å²) in [7, 11) is 0. The van der Waals surface area contributed by atoms with Gasteiger partial charge in [-0.25, -0.2) is 4.79 Å². The largest absolute Gasteiger partial charge is 0.573 e. The molecule has 0 unspecified atom stereocenters. The van der Waals surface area contributed by atoms with Crippen LogP contribution in [0.4, 0.5) is 13.2 Å². The van der Waals surface area contributed by atoms with E-state index in [2.05, 4.69) is 20.0 Å². The predicted octanol–water partition coefficient (Wildman–Crippen LogP) is 4.01. The van der Waals surface area contributed by atoms with Gasteiger partial charge in [0.05, 0.1) is 11.2 Å². The van der Waals surface area contributed by atoms with Crippen LogP contribution in [0.15, 0.2) is 70.0 Å². The van der Waals surface area contributed by atoms with Crippen LogP contribution in [0, 0.1) is 0 Å². The number of carbonyl (C=O) groups excluding carboxylic acids is 1. The number of amides is 1. The van der Waals surface area contributed by atoms with Crippen LogP contribution in [0.3, 0.4) is 0 Å². The molecule has 4 rings (SSSR count). The number of rotatable bonds is 5. The second-order valence-corrected chi connectivity index (χ2v) is 6.49. The van der Waals surface area contributed by atoms with Crippen LogP contribution < -0.4 is 15.8 Å². The number of H-pyrrole nitrogens is 1. The predicted molar refractivity (Wildman–Crippen MR) is 104 cm³/mol. The van der Waals surface area contributed by atoms with E-state index in [1.165, 1.54) is 42.6 Å². The molecule has 10 heteroatoms. The van der Waals surface area contributed by atoms with E-state index in [-0.39, 0.29) is 12.1 Å². The van der Waals surface area contributed by atoms with E-state index < -0.39 is 23.8 Å². The molecule has 2 N–H and O–H groups in total. The van der Waals surface area contributed by atoms with Crippen molar-refractivity contribution >= 4 is 17.0 Å². The highest BCUT2D eigenvalue weighted by Crippen LogP contribution is 2.30. The number of hydrogen-bond donors (Lipinski definition) is 2. The Kier molecular flexibility index (Phi) is 5.20. The summed E-state index contributed by atoms with van der Waals surface area (Å²) >= 11 is 0. The van der Waals surface area contributed by atoms with Crippen molar-refractivity contribution in [2.75, 3.05) is 0 Å². The van der Waals surface area contributed by atoms with Crippen molar-refractivity contribution in [3.63, 3.8) is 0 Å². The van der Waals surface area contributed by atoms with Crippen LogP contribution in [-0.2, 0) is 6.54 Å². The normalized spacial score (nSPS) is 11.5. The van der Waals surface area contributed by atoms with Gasteiger partial charge in [0.2, 0.25) is 0 Å². The number of ether oxygens (including phenoxy) is 1. The lowest BCUT2D eigenvalue weighted by atomic mass is 10.0. The van der Waals surface area contributed by atoms with Crippen molar-refractivity contribution in [3.8, 4) is 17.0 Å². The lowest BCUT2D eigenvalue weighted by Gasteiger charge is -2.14. The van der Waals surface area contributed by atoms with Gasteiger partial charge in [0, 0.05) is 23.9 Å². The number of nitrogens with zero attached hydrogens (tertiary/aromatic N) is 1. The van der Waals surface area contributed by atoms with Gasteiger partial charge in [-0.3, -0.25) is 14.8 Å². The number of nitrogens with one attached hydrogen (secondary N) is 2. The number of oxazole rings is 1. The third-order valence-corrected chi connectivity index (χ3v) is 4.38. The molecule has 31 heavy (non-hydrogen) atoms. The van der Waals surface area contributed by atoms with Crippen molar-refractivity contribution in [1.82, 2.24) is 15.3 Å². The van der Waals surface area contributed by atoms with Gasteiger partial charge in [0.25, 0.3) is 5.91 Å². The van der Waals surface area contributed by atoms with E-state index in [9.17, 15) is 22.8 Å². The van der Waals surface area contributed by atoms with Crippen LogP contribution >= 0.6 is 0 Å². The van der Waals surface area contributed by atoms with E-state index in [0.29, 0.717) is 27.9 Å². The summed E-state index contributed by atoms with van der Waals surface area (Å²) in [5.74, 6) is -1.46. The van der Waals surface area contributed by atoms with Crippen LogP contribution in [0.5, 0.6) is 5.75 Å². The average Bonchev–Trinajstić information content (AvgIpc) is 3.11. The second-order valence-electron chi connectivity index (χ2n) is 6.49. The summed E-state index contributed by atoms with van der Waals surface area (Å²) in [5, 5.41) is 2.71. The molecule has 2 aromatic heterocycles. The van der Waals surface area contributed by atoms with Gasteiger partial charge in [-0.05, 0) is 48.0 Å². The average molecular weight is 429 g/mol. The maximum Gasteiger partial charge on any atom is 0.573 e. The maximum absolute atomic E-state index is 12.6. The van der Waals surface area contributed by atoms with Crippen molar-refractivity contribution in [2.24, 2.45) is 0 Å². The second kappa shape index (κ2) is 7.98. The minimum Gasteiger partial charge on any atom is -0.408 e. The molecule has 0 bridgehead atoms. The molecule has 0 saturated carbocycles. The summed E-state index contributed by atoms with van der Waals surface area (Å²) in [6, 6.07) is 13.3. The molecule has 2 aromatic carbocycles. The zero-order valence-corrected chi connectivity index (χ0v) is 15.7. The first-order valence-corrected chi connectivity index (χ1v) is 9.00. The number of halogens is 3. The van der Waals surface area contributed by atoms with Gasteiger partial charge in [-0.2, -0.15) is 0 Å². The van der Waals surface area contributed by atoms with Crippen LogP contribution in [0.2, 0.25) is 0 Å². The maximum atomic E-state index is 12.6. The molecule has 0 aliphatic rings. The van der Waals surface area contributed by atoms with E-state index in [1.54, 1.807) is 18.2 Å². The summed E-state index contributed by atoms with van der Waals surface area (Å²) < 4.78 is 46.7. The zero-order valence-electron chi connectivity index (χ0n) is 15.7. The summed E-state index contributed by atoms with van der Waals surface area (Å²) in [5.41, 5.74) is 2.33. The topological polar surface area (TPSA) is 97.2 Å². The minimum atomic E-state index is -4.83. The Morgan fingerprint density at radius 2 is 1.97 bits per heavy atom. The molecular formula is C21H14F3N3O4. The molecule has 0 radical (unpaired) electrons. The van der Waals surface area contributed by atoms with Gasteiger partial charge in [0.15, 0.2) is 5.58 Å². The summed E-state index contributed by atoms with van der Waals surface area (Å²) in [4.78, 5) is 30.4. The Morgan fingerprint density at radius 3 is 2.71 bits per heavy atom. The molecular weight excluding hydrogens is 415 g/mol. The minimum absolute atomic E-state index is 0.0248. The van der Waals surface area contributed by atoms with Gasteiger partial charge in [-0.15, -0.1) is 13.2 Å². The molecule has 0 aliphatic heterocycles. The highest BCUT2D eigenvalue weighted by atomic mass is 19.4. The first-order chi connectivity index (χ1) is 14.8. The van der Waals surface area contributed by atoms with Gasteiger partial charge in [0.1, 0.15) is 5.75 Å². The highest BCUT2D eigenvalue weighted by molar-refractivity contribution is 5.97. The number of aromatic nitrogens is 2. The lowest BCUT2D eigenvalue weighted by Crippen LogP contribution is -2.23. The molecule has 0 fully saturated rings. The number of fused-ring (bicyclic) bond motifs is 1. The Labute approximate surface area is 172 Å². The van der Waals surface area contributed by atoms with Crippen LogP contribution in [0.1, 0.15) is 15.9 Å². The summed E-state index contributed by atoms with van der Waals surface area (Å²) in [6.07, 6.45) is -3.32. The van der Waals surface area contributed by atoms with Crippen molar-refractivity contribution in [2.45, 2.75) is 12.9 Å². The smallest absolute Gasteiger partial charge is 0.408 e. The number of aromatic amines is 1. The quantitative estimate of drug-likeness (QED) is 0.500. The van der Waals surface area contributed by atoms with Crippen molar-refractivity contribution in [3.05, 3.63) is 82.5 Å². The molecule has 4 aromatic rings. The lowest BCUT2D eigenvalue weighted by molar-refractivity contribution is -0.274. The summed E-state index contributed by atoms with van der Waals surface area (Å²) in [6.45, 7) is 0.0248. The zero-order chi connectivity index (χ0) is 22.0. The number of benzene rings is 2. The first kappa shape index (κ1) is 20.2. The van der Waals surface area contributed by atoms with Crippen molar-refractivity contribution < 1.29 is 27.1 Å². The Morgan fingerprint density at radius 1 is 1.13 bits per heavy atom. The Bertz CT molecular complexity index is 1300. The fourth-order valence-corrected chi connectivity index (χ4v) is 3.04. The standard InChI is InChI=1S/C21H14F3N3O4/c22-21(23,24)31-14-6-4-13(15(10-14)16-3-1-2-8-25-16)11-26-19(28)12-5-7-18-17(9-12)27-20(29)30-18/h1-10H,11H2,(H,26,28)(H,27,29). The molecule has 0 saturated heterocycles. The van der Waals surface area contributed by atoms with Crippen LogP contribution in [-0.4, -0.2) is 22.2 Å². The SMILES string of the molecule is O=C(NCc1ccc(OC(F)(F)F)cc1-c1ccccn1)c1ccc2oc(=O)[nH]c2c1. The number of hydrogen-bond acceptors (Lipinski definition) is 5. The molecule has 1 amide bonds. The third-order valence-electron chi connectivity index (χ3n) is 4.38. The Hall–Kier alpha value is -4.08. The number of alkyl halides is 3. The molecule has 7 nitrogen and oxygen atoms in total. The van der Waals surface area contributed by atoms with E-state index in [4.69, 9.17) is 4.42 Å². The number of carbonyl (C=O) groups is 1. The fraction of sp³-hybridized carbons (Fsp3) is 0.0952. The molecule has 2 heterocycles. The fourth-order valence-electron chi connectivity index (χ4n) is 3.04. The van der Waals surface area contributed by atoms with E-state index >= 15 is 0 Å². The highest BCUT2D eigenvalue weighted by Gasteiger charge is 2.31. The van der Waals surface area contributed by atoms with E-state index in [0.717, 1.165) is 0 Å². The van der Waals surface area contributed by atoms with Crippen LogP contribution in [0.25, 0.3) is 22.4 Å². The van der Waals surface area contributed by atoms with Gasteiger partial charge >= 0.3 is 12.1 Å². The van der Waals surface area contributed by atoms with E-state index in [1.807, 2.05) is 0 Å². The molecule has 0 spiro atoms. The van der Waals surface area contributed by atoms with Crippen molar-refractivity contribution in [1.29, 1.82) is 0 Å². The van der Waals surface area contributed by atoms with Gasteiger partial charge < -0.3 is 14.5 Å². The third kappa shape index (κ3) is 4.74. The molecule has 0 atom stereocenters.